The number of rotatable bonds is 9. The average Bonchev–Trinajstić information content (AvgIpc) is 3.29. The molecule has 5 aromatic rings. The Morgan fingerprint density at radius 1 is 0.895 bits per heavy atom. The van der Waals surface area contributed by atoms with Crippen molar-refractivity contribution in [3.05, 3.63) is 104 Å². The van der Waals surface area contributed by atoms with E-state index in [1.165, 1.54) is 0 Å². The highest BCUT2D eigenvalue weighted by molar-refractivity contribution is 7.92. The van der Waals surface area contributed by atoms with Gasteiger partial charge in [0.2, 0.25) is 10.0 Å². The van der Waals surface area contributed by atoms with Crippen LogP contribution in [0.5, 0.6) is 0 Å². The number of carbonyl (C=O) groups excluding carboxylic acids is 1. The van der Waals surface area contributed by atoms with Crippen molar-refractivity contribution in [1.29, 1.82) is 0 Å². The van der Waals surface area contributed by atoms with Crippen molar-refractivity contribution < 1.29 is 13.2 Å². The number of hydrogen-bond donors (Lipinski definition) is 5. The molecule has 0 radical (unpaired) electrons. The molecule has 0 saturated heterocycles. The number of aromatic nitrogens is 2. The van der Waals surface area contributed by atoms with Gasteiger partial charge in [-0.05, 0) is 48.0 Å². The second-order valence-electron chi connectivity index (χ2n) is 8.61. The molecule has 38 heavy (non-hydrogen) atoms. The van der Waals surface area contributed by atoms with Crippen molar-refractivity contribution in [3.8, 4) is 0 Å². The zero-order valence-electron chi connectivity index (χ0n) is 20.0. The fourth-order valence-electron chi connectivity index (χ4n) is 3.93. The van der Waals surface area contributed by atoms with E-state index >= 15 is 0 Å². The lowest BCUT2D eigenvalue weighted by Gasteiger charge is -2.15. The Hall–Kier alpha value is -4.97. The normalized spacial score (nSPS) is 11.4. The summed E-state index contributed by atoms with van der Waals surface area (Å²) in [5.41, 5.74) is 1.68. The number of anilines is 5. The number of H-pyrrole nitrogens is 1. The molecule has 0 spiro atoms. The van der Waals surface area contributed by atoms with Crippen molar-refractivity contribution in [2.24, 2.45) is 0 Å². The van der Waals surface area contributed by atoms with Gasteiger partial charge in [-0.1, -0.05) is 30.3 Å². The largest absolute Gasteiger partial charge is 0.376 e. The summed E-state index contributed by atoms with van der Waals surface area (Å²) in [4.78, 5) is 37.1. The molecular formula is C26H22N6O5S. The lowest BCUT2D eigenvalue weighted by atomic mass is 10.1. The van der Waals surface area contributed by atoms with E-state index in [1.54, 1.807) is 66.7 Å². The molecule has 0 aliphatic carbocycles. The van der Waals surface area contributed by atoms with Crippen molar-refractivity contribution in [3.63, 3.8) is 0 Å². The van der Waals surface area contributed by atoms with Gasteiger partial charge in [0.25, 0.3) is 16.8 Å². The standard InChI is InChI=1S/C26H22N6O5S/c1-38(36,37)32-18-9-5-6-15(12-18)14-27-21-22(24(34)23(21)33)28-17-10-11-20-19(13-17)25(31-30-20)29-26(35)16-7-3-2-4-8-16/h2-13,27-28,32H,14H2,1H3,(H2,29,30,31,35). The van der Waals surface area contributed by atoms with E-state index in [0.29, 0.717) is 39.2 Å². The topological polar surface area (TPSA) is 162 Å². The molecule has 12 heteroatoms. The van der Waals surface area contributed by atoms with E-state index in [0.717, 1.165) is 6.26 Å². The first-order valence-electron chi connectivity index (χ1n) is 11.4. The number of nitrogens with zero attached hydrogens (tertiary/aromatic N) is 1. The van der Waals surface area contributed by atoms with Crippen LogP contribution in [-0.4, -0.2) is 30.8 Å². The molecule has 0 aliphatic rings. The third-order valence-electron chi connectivity index (χ3n) is 5.71. The first-order chi connectivity index (χ1) is 18.2. The molecular weight excluding hydrogens is 508 g/mol. The highest BCUT2D eigenvalue weighted by Crippen LogP contribution is 2.28. The molecule has 0 saturated carbocycles. The SMILES string of the molecule is CS(=O)(=O)Nc1cccc(CNc2c(Nc3ccc4[nH]nc(NC(=O)c5ccccc5)c4c3)c(=O)c2=O)c1. The summed E-state index contributed by atoms with van der Waals surface area (Å²) in [6.45, 7) is 0.190. The van der Waals surface area contributed by atoms with Gasteiger partial charge in [0.05, 0.1) is 11.8 Å². The van der Waals surface area contributed by atoms with Crippen LogP contribution in [-0.2, 0) is 16.6 Å². The van der Waals surface area contributed by atoms with Gasteiger partial charge < -0.3 is 16.0 Å². The molecule has 1 heterocycles. The molecule has 0 unspecified atom stereocenters. The van der Waals surface area contributed by atoms with E-state index in [1.807, 2.05) is 6.07 Å². The number of carbonyl (C=O) groups is 1. The predicted octanol–water partition coefficient (Wildman–Crippen LogP) is 3.14. The van der Waals surface area contributed by atoms with E-state index in [9.17, 15) is 22.8 Å². The van der Waals surface area contributed by atoms with Crippen LogP contribution in [0.1, 0.15) is 15.9 Å². The van der Waals surface area contributed by atoms with Crippen LogP contribution < -0.4 is 31.5 Å². The minimum Gasteiger partial charge on any atom is -0.376 e. The number of benzene rings is 3. The molecule has 1 aromatic heterocycles. The smallest absolute Gasteiger partial charge is 0.256 e. The Morgan fingerprint density at radius 3 is 2.42 bits per heavy atom. The van der Waals surface area contributed by atoms with Crippen LogP contribution in [0.2, 0.25) is 0 Å². The van der Waals surface area contributed by atoms with Gasteiger partial charge in [0.1, 0.15) is 11.4 Å². The lowest BCUT2D eigenvalue weighted by molar-refractivity contribution is 0.102. The van der Waals surface area contributed by atoms with Gasteiger partial charge in [-0.3, -0.25) is 24.2 Å². The minimum absolute atomic E-state index is 0.109. The highest BCUT2D eigenvalue weighted by Gasteiger charge is 2.21. The van der Waals surface area contributed by atoms with Gasteiger partial charge in [-0.25, -0.2) is 8.42 Å². The summed E-state index contributed by atoms with van der Waals surface area (Å²) >= 11 is 0. The van der Waals surface area contributed by atoms with Crippen LogP contribution >= 0.6 is 0 Å². The zero-order valence-corrected chi connectivity index (χ0v) is 20.8. The number of fused-ring (bicyclic) bond motifs is 1. The third kappa shape index (κ3) is 5.25. The summed E-state index contributed by atoms with van der Waals surface area (Å²) in [5.74, 6) is 0.00515. The maximum atomic E-state index is 12.6. The van der Waals surface area contributed by atoms with Crippen LogP contribution in [0.15, 0.2) is 82.4 Å². The highest BCUT2D eigenvalue weighted by atomic mass is 32.2. The Balaban J connectivity index is 1.33. The molecule has 192 valence electrons. The number of amides is 1. The Bertz CT molecular complexity index is 1840. The van der Waals surface area contributed by atoms with Crippen LogP contribution in [0.4, 0.5) is 28.6 Å². The van der Waals surface area contributed by atoms with E-state index in [4.69, 9.17) is 0 Å². The van der Waals surface area contributed by atoms with Crippen LogP contribution in [0.3, 0.4) is 0 Å². The molecule has 1 amide bonds. The van der Waals surface area contributed by atoms with Crippen LogP contribution in [0, 0.1) is 0 Å². The van der Waals surface area contributed by atoms with Gasteiger partial charge in [0.15, 0.2) is 5.82 Å². The molecule has 11 nitrogen and oxygen atoms in total. The van der Waals surface area contributed by atoms with Gasteiger partial charge in [-0.15, -0.1) is 0 Å². The van der Waals surface area contributed by atoms with Crippen LogP contribution in [0.25, 0.3) is 10.9 Å². The molecule has 0 bridgehead atoms. The van der Waals surface area contributed by atoms with E-state index in [-0.39, 0.29) is 23.8 Å². The second-order valence-corrected chi connectivity index (χ2v) is 10.4. The maximum Gasteiger partial charge on any atom is 0.256 e. The minimum atomic E-state index is -3.43. The molecule has 0 atom stereocenters. The summed E-state index contributed by atoms with van der Waals surface area (Å²) in [7, 11) is -3.43. The fourth-order valence-corrected chi connectivity index (χ4v) is 4.48. The molecule has 5 rings (SSSR count). The van der Waals surface area contributed by atoms with E-state index in [2.05, 4.69) is 30.9 Å². The van der Waals surface area contributed by atoms with Crippen molar-refractivity contribution in [2.75, 3.05) is 26.9 Å². The number of nitrogens with one attached hydrogen (secondary N) is 5. The Labute approximate surface area is 216 Å². The van der Waals surface area contributed by atoms with Crippen molar-refractivity contribution in [1.82, 2.24) is 10.2 Å². The maximum absolute atomic E-state index is 12.6. The lowest BCUT2D eigenvalue weighted by Crippen LogP contribution is -2.36. The van der Waals surface area contributed by atoms with Gasteiger partial charge in [-0.2, -0.15) is 5.10 Å². The molecule has 0 aliphatic heterocycles. The fraction of sp³-hybridized carbons (Fsp3) is 0.0769. The third-order valence-corrected chi connectivity index (χ3v) is 6.32. The summed E-state index contributed by atoms with van der Waals surface area (Å²) in [6.07, 6.45) is 1.06. The number of aromatic amines is 1. The Kier molecular flexibility index (Phi) is 6.39. The van der Waals surface area contributed by atoms with Crippen molar-refractivity contribution in [2.45, 2.75) is 6.54 Å². The molecule has 5 N–H and O–H groups in total. The monoisotopic (exact) mass is 530 g/mol. The first kappa shape index (κ1) is 24.7. The average molecular weight is 531 g/mol. The molecule has 4 aromatic carbocycles. The zero-order chi connectivity index (χ0) is 26.9. The van der Waals surface area contributed by atoms with Crippen molar-refractivity contribution >= 4 is 55.4 Å². The predicted molar refractivity (Wildman–Crippen MR) is 147 cm³/mol. The quantitative estimate of drug-likeness (QED) is 0.182. The summed E-state index contributed by atoms with van der Waals surface area (Å²) in [6, 6.07) is 20.6. The van der Waals surface area contributed by atoms with Gasteiger partial charge in [0, 0.05) is 28.9 Å². The molecule has 0 fully saturated rings. The summed E-state index contributed by atoms with van der Waals surface area (Å²) in [5, 5.41) is 16.4. The van der Waals surface area contributed by atoms with Gasteiger partial charge >= 0.3 is 0 Å². The summed E-state index contributed by atoms with van der Waals surface area (Å²) < 4.78 is 25.4. The second kappa shape index (κ2) is 9.82. The number of hydrogen-bond acceptors (Lipinski definition) is 8. The first-order valence-corrected chi connectivity index (χ1v) is 13.3. The Morgan fingerprint density at radius 2 is 1.66 bits per heavy atom. The van der Waals surface area contributed by atoms with E-state index < -0.39 is 20.9 Å². The number of sulfonamides is 1.